The predicted octanol–water partition coefficient (Wildman–Crippen LogP) is 2.49. The molecule has 0 spiro atoms. The molecule has 0 amide bonds. The quantitative estimate of drug-likeness (QED) is 0.801. The average Bonchev–Trinajstić information content (AvgIpc) is 2.29. The van der Waals surface area contributed by atoms with Crippen molar-refractivity contribution >= 4 is 5.97 Å². The lowest BCUT2D eigenvalue weighted by Gasteiger charge is -2.19. The molecule has 0 heterocycles. The zero-order chi connectivity index (χ0) is 14.4. The molecule has 0 aliphatic heterocycles. The topological polar surface area (TPSA) is 58.6 Å². The van der Waals surface area contributed by atoms with Gasteiger partial charge in [0.05, 0.1) is 0 Å². The molecular formula is C13H17F2NO3. The molecule has 0 saturated carbocycles. The number of hydrogen-bond donors (Lipinski definition) is 2. The smallest absolute Gasteiger partial charge is 0.387 e. The minimum absolute atomic E-state index is 0.0536. The first-order chi connectivity index (χ1) is 8.91. The lowest BCUT2D eigenvalue weighted by molar-refractivity contribution is -0.140. The van der Waals surface area contributed by atoms with Gasteiger partial charge in [0.2, 0.25) is 0 Å². The number of hydrogen-bond acceptors (Lipinski definition) is 3. The molecule has 0 fully saturated rings. The fraction of sp³-hybridized carbons (Fsp3) is 0.462. The number of alkyl halides is 2. The third-order valence-electron chi connectivity index (χ3n) is 2.63. The Labute approximate surface area is 110 Å². The SMILES string of the molecule is CC(C)C(NCc1ccccc1OC(F)F)C(=O)O. The van der Waals surface area contributed by atoms with Crippen molar-refractivity contribution < 1.29 is 23.4 Å². The van der Waals surface area contributed by atoms with Crippen LogP contribution in [-0.4, -0.2) is 23.7 Å². The number of carboxylic acids is 1. The highest BCUT2D eigenvalue weighted by molar-refractivity contribution is 5.73. The third-order valence-corrected chi connectivity index (χ3v) is 2.63. The molecule has 0 bridgehead atoms. The van der Waals surface area contributed by atoms with Gasteiger partial charge in [-0.25, -0.2) is 0 Å². The number of rotatable bonds is 7. The van der Waals surface area contributed by atoms with Crippen molar-refractivity contribution in [3.05, 3.63) is 29.8 Å². The van der Waals surface area contributed by atoms with Crippen molar-refractivity contribution in [2.45, 2.75) is 33.0 Å². The Kier molecular flexibility index (Phi) is 5.69. The molecule has 106 valence electrons. The molecule has 0 aliphatic carbocycles. The molecule has 1 aromatic rings. The molecule has 0 aromatic heterocycles. The molecule has 2 N–H and O–H groups in total. The molecule has 1 rings (SSSR count). The van der Waals surface area contributed by atoms with Crippen LogP contribution in [0.15, 0.2) is 24.3 Å². The van der Waals surface area contributed by atoms with E-state index in [0.717, 1.165) is 0 Å². The summed E-state index contributed by atoms with van der Waals surface area (Å²) >= 11 is 0. The number of aliphatic carboxylic acids is 1. The Hall–Kier alpha value is -1.69. The van der Waals surface area contributed by atoms with Crippen molar-refractivity contribution in [2.75, 3.05) is 0 Å². The van der Waals surface area contributed by atoms with Crippen LogP contribution in [0.2, 0.25) is 0 Å². The van der Waals surface area contributed by atoms with E-state index in [-0.39, 0.29) is 18.2 Å². The molecule has 1 aromatic carbocycles. The Morgan fingerprint density at radius 2 is 2.00 bits per heavy atom. The van der Waals surface area contributed by atoms with Crippen molar-refractivity contribution in [1.29, 1.82) is 0 Å². The number of benzene rings is 1. The first-order valence-corrected chi connectivity index (χ1v) is 5.90. The van der Waals surface area contributed by atoms with E-state index < -0.39 is 18.6 Å². The lowest BCUT2D eigenvalue weighted by Crippen LogP contribution is -2.40. The molecular weight excluding hydrogens is 256 g/mol. The van der Waals surface area contributed by atoms with E-state index in [1.165, 1.54) is 6.07 Å². The van der Waals surface area contributed by atoms with Crippen LogP contribution in [0.4, 0.5) is 8.78 Å². The van der Waals surface area contributed by atoms with Crippen LogP contribution in [0.1, 0.15) is 19.4 Å². The van der Waals surface area contributed by atoms with Crippen molar-refractivity contribution in [3.8, 4) is 5.75 Å². The highest BCUT2D eigenvalue weighted by atomic mass is 19.3. The fourth-order valence-corrected chi connectivity index (χ4v) is 1.69. The molecule has 1 unspecified atom stereocenters. The Morgan fingerprint density at radius 1 is 1.37 bits per heavy atom. The highest BCUT2D eigenvalue weighted by Gasteiger charge is 2.21. The van der Waals surface area contributed by atoms with Crippen molar-refractivity contribution in [1.82, 2.24) is 5.32 Å². The summed E-state index contributed by atoms with van der Waals surface area (Å²) in [7, 11) is 0. The number of ether oxygens (including phenoxy) is 1. The fourth-order valence-electron chi connectivity index (χ4n) is 1.69. The Bertz CT molecular complexity index is 424. The predicted molar refractivity (Wildman–Crippen MR) is 66.2 cm³/mol. The Balaban J connectivity index is 2.74. The van der Waals surface area contributed by atoms with E-state index in [2.05, 4.69) is 10.1 Å². The van der Waals surface area contributed by atoms with Gasteiger partial charge in [-0.3, -0.25) is 10.1 Å². The normalized spacial score (nSPS) is 12.7. The van der Waals surface area contributed by atoms with Crippen molar-refractivity contribution in [3.63, 3.8) is 0 Å². The van der Waals surface area contributed by atoms with E-state index in [9.17, 15) is 13.6 Å². The van der Waals surface area contributed by atoms with Gasteiger partial charge in [0, 0.05) is 12.1 Å². The molecule has 0 radical (unpaired) electrons. The van der Waals surface area contributed by atoms with Crippen LogP contribution in [0.25, 0.3) is 0 Å². The maximum atomic E-state index is 12.2. The summed E-state index contributed by atoms with van der Waals surface area (Å²) in [6.07, 6.45) is 0. The number of carboxylic acid groups (broad SMARTS) is 1. The van der Waals surface area contributed by atoms with Crippen LogP contribution >= 0.6 is 0 Å². The van der Waals surface area contributed by atoms with E-state index in [1.54, 1.807) is 32.0 Å². The first kappa shape index (κ1) is 15.4. The van der Waals surface area contributed by atoms with Crippen LogP contribution < -0.4 is 10.1 Å². The maximum Gasteiger partial charge on any atom is 0.387 e. The van der Waals surface area contributed by atoms with Crippen molar-refractivity contribution in [2.24, 2.45) is 5.92 Å². The van der Waals surface area contributed by atoms with Gasteiger partial charge in [0.1, 0.15) is 11.8 Å². The number of halogens is 2. The van der Waals surface area contributed by atoms with Gasteiger partial charge >= 0.3 is 12.6 Å². The summed E-state index contributed by atoms with van der Waals surface area (Å²) < 4.78 is 28.8. The summed E-state index contributed by atoms with van der Waals surface area (Å²) in [5.74, 6) is -1.03. The molecule has 1 atom stereocenters. The summed E-state index contributed by atoms with van der Waals surface area (Å²) in [5, 5.41) is 11.8. The zero-order valence-electron chi connectivity index (χ0n) is 10.8. The lowest BCUT2D eigenvalue weighted by atomic mass is 10.0. The monoisotopic (exact) mass is 273 g/mol. The minimum atomic E-state index is -2.90. The van der Waals surface area contributed by atoms with Crippen LogP contribution in [-0.2, 0) is 11.3 Å². The van der Waals surface area contributed by atoms with E-state index >= 15 is 0 Å². The molecule has 0 aliphatic rings. The van der Waals surface area contributed by atoms with Gasteiger partial charge in [-0.2, -0.15) is 8.78 Å². The van der Waals surface area contributed by atoms with Gasteiger partial charge in [-0.15, -0.1) is 0 Å². The molecule has 0 saturated heterocycles. The van der Waals surface area contributed by atoms with Crippen LogP contribution in [0.3, 0.4) is 0 Å². The number of para-hydroxylation sites is 1. The standard InChI is InChI=1S/C13H17F2NO3/c1-8(2)11(12(17)18)16-7-9-5-3-4-6-10(9)19-13(14)15/h3-6,8,11,13,16H,7H2,1-2H3,(H,17,18). The molecule has 4 nitrogen and oxygen atoms in total. The zero-order valence-corrected chi connectivity index (χ0v) is 10.8. The third kappa shape index (κ3) is 4.82. The second-order valence-corrected chi connectivity index (χ2v) is 4.43. The first-order valence-electron chi connectivity index (χ1n) is 5.90. The van der Waals surface area contributed by atoms with Crippen LogP contribution in [0.5, 0.6) is 5.75 Å². The summed E-state index contributed by atoms with van der Waals surface area (Å²) in [4.78, 5) is 11.0. The van der Waals surface area contributed by atoms with Crippen LogP contribution in [0, 0.1) is 5.92 Å². The molecule has 19 heavy (non-hydrogen) atoms. The number of nitrogens with one attached hydrogen (secondary N) is 1. The van der Waals surface area contributed by atoms with E-state index in [4.69, 9.17) is 5.11 Å². The summed E-state index contributed by atoms with van der Waals surface area (Å²) in [6.45, 7) is 0.792. The second kappa shape index (κ2) is 7.04. The van der Waals surface area contributed by atoms with Gasteiger partial charge < -0.3 is 9.84 Å². The van der Waals surface area contributed by atoms with Gasteiger partial charge in [0.15, 0.2) is 0 Å². The largest absolute Gasteiger partial charge is 0.480 e. The average molecular weight is 273 g/mol. The Morgan fingerprint density at radius 3 is 2.53 bits per heavy atom. The van der Waals surface area contributed by atoms with E-state index in [0.29, 0.717) is 5.56 Å². The maximum absolute atomic E-state index is 12.2. The second-order valence-electron chi connectivity index (χ2n) is 4.43. The number of carbonyl (C=O) groups is 1. The van der Waals surface area contributed by atoms with Gasteiger partial charge in [0.25, 0.3) is 0 Å². The van der Waals surface area contributed by atoms with Gasteiger partial charge in [-0.1, -0.05) is 32.0 Å². The van der Waals surface area contributed by atoms with E-state index in [1.807, 2.05) is 0 Å². The highest BCUT2D eigenvalue weighted by Crippen LogP contribution is 2.20. The van der Waals surface area contributed by atoms with Gasteiger partial charge in [-0.05, 0) is 12.0 Å². The molecule has 6 heteroatoms. The summed E-state index contributed by atoms with van der Waals surface area (Å²) in [5.41, 5.74) is 0.495. The minimum Gasteiger partial charge on any atom is -0.480 e. The summed E-state index contributed by atoms with van der Waals surface area (Å²) in [6, 6.07) is 5.57.